The molecule has 1 aliphatic heterocycles. The highest BCUT2D eigenvalue weighted by Gasteiger charge is 2.36. The van der Waals surface area contributed by atoms with E-state index in [1.807, 2.05) is 6.92 Å². The van der Waals surface area contributed by atoms with Gasteiger partial charge in [0.1, 0.15) is 10.8 Å². The number of aryl methyl sites for hydroxylation is 1. The number of amides is 1. The molecule has 3 rings (SSSR count). The molecular weight excluding hydrogens is 332 g/mol. The Morgan fingerprint density at radius 2 is 2.08 bits per heavy atom. The first kappa shape index (κ1) is 16.5. The number of sulfone groups is 1. The molecule has 1 saturated heterocycles. The van der Waals surface area contributed by atoms with Gasteiger partial charge in [0.25, 0.3) is 11.5 Å². The molecule has 8 heteroatoms. The second kappa shape index (κ2) is 5.62. The molecule has 1 atom stereocenters. The van der Waals surface area contributed by atoms with Gasteiger partial charge in [-0.3, -0.25) is 9.59 Å². The maximum Gasteiger partial charge on any atom is 0.289 e. The van der Waals surface area contributed by atoms with Crippen LogP contribution >= 0.6 is 0 Å². The zero-order valence-electron chi connectivity index (χ0n) is 13.6. The van der Waals surface area contributed by atoms with Gasteiger partial charge in [-0.05, 0) is 31.5 Å². The molecule has 0 saturated carbocycles. The summed E-state index contributed by atoms with van der Waals surface area (Å²) < 4.78 is 29.6. The Labute approximate surface area is 139 Å². The quantitative estimate of drug-likeness (QED) is 0.841. The van der Waals surface area contributed by atoms with Crippen molar-refractivity contribution in [1.29, 1.82) is 0 Å². The Morgan fingerprint density at radius 1 is 1.42 bits per heavy atom. The molecule has 24 heavy (non-hydrogen) atoms. The van der Waals surface area contributed by atoms with Crippen molar-refractivity contribution >= 4 is 15.7 Å². The molecule has 3 heterocycles. The fourth-order valence-corrected chi connectivity index (χ4v) is 3.39. The normalized spacial score (nSPS) is 17.1. The van der Waals surface area contributed by atoms with Crippen LogP contribution in [0.1, 0.15) is 30.0 Å². The second-order valence-electron chi connectivity index (χ2n) is 5.96. The highest BCUT2D eigenvalue weighted by Crippen LogP contribution is 2.29. The van der Waals surface area contributed by atoms with Crippen molar-refractivity contribution in [3.05, 3.63) is 39.9 Å². The van der Waals surface area contributed by atoms with E-state index >= 15 is 0 Å². The summed E-state index contributed by atoms with van der Waals surface area (Å²) in [5.41, 5.74) is 0.260. The zero-order chi connectivity index (χ0) is 17.6. The van der Waals surface area contributed by atoms with Crippen LogP contribution in [0.15, 0.2) is 32.4 Å². The van der Waals surface area contributed by atoms with E-state index in [1.54, 1.807) is 17.9 Å². The van der Waals surface area contributed by atoms with Gasteiger partial charge in [0.15, 0.2) is 15.6 Å². The minimum Gasteiger partial charge on any atom is -0.451 e. The highest BCUT2D eigenvalue weighted by atomic mass is 32.2. The first-order valence-electron chi connectivity index (χ1n) is 7.59. The Morgan fingerprint density at radius 3 is 2.62 bits per heavy atom. The maximum atomic E-state index is 12.2. The van der Waals surface area contributed by atoms with E-state index in [0.717, 1.165) is 6.26 Å². The Kier molecular flexibility index (Phi) is 3.87. The molecule has 0 aromatic carbocycles. The monoisotopic (exact) mass is 350 g/mol. The Balaban J connectivity index is 2.10. The molecule has 0 radical (unpaired) electrons. The van der Waals surface area contributed by atoms with E-state index in [1.165, 1.54) is 12.1 Å². The van der Waals surface area contributed by atoms with Gasteiger partial charge in [-0.2, -0.15) is 0 Å². The summed E-state index contributed by atoms with van der Waals surface area (Å²) in [5, 5.41) is -0.210. The molecule has 2 aromatic heterocycles. The lowest BCUT2D eigenvalue weighted by Gasteiger charge is -2.07. The number of H-pyrrole nitrogens is 1. The van der Waals surface area contributed by atoms with Gasteiger partial charge >= 0.3 is 0 Å². The molecule has 0 bridgehead atoms. The highest BCUT2D eigenvalue weighted by molar-refractivity contribution is 7.90. The second-order valence-corrected chi connectivity index (χ2v) is 7.92. The van der Waals surface area contributed by atoms with E-state index in [4.69, 9.17) is 4.42 Å². The number of hydrogen-bond donors (Lipinski definition) is 1. The van der Waals surface area contributed by atoms with Crippen molar-refractivity contribution in [2.75, 3.05) is 12.8 Å². The lowest BCUT2D eigenvalue weighted by atomic mass is 10.1. The molecule has 7 nitrogen and oxygen atoms in total. The van der Waals surface area contributed by atoms with Gasteiger partial charge in [0, 0.05) is 24.4 Å². The summed E-state index contributed by atoms with van der Waals surface area (Å²) in [6.07, 6.45) is 1.46. The van der Waals surface area contributed by atoms with Crippen LogP contribution < -0.4 is 5.56 Å². The predicted molar refractivity (Wildman–Crippen MR) is 87.8 cm³/mol. The SMILES string of the molecule is CCc1cc(-c2ccc(C(=O)N3CC3C)o2)c(S(C)(=O)=O)[nH]c1=O. The Hall–Kier alpha value is -2.35. The minimum atomic E-state index is -3.66. The van der Waals surface area contributed by atoms with Crippen molar-refractivity contribution in [2.45, 2.75) is 31.3 Å². The lowest BCUT2D eigenvalue weighted by molar-refractivity contribution is 0.0847. The third-order valence-corrected chi connectivity index (χ3v) is 5.10. The van der Waals surface area contributed by atoms with Crippen molar-refractivity contribution < 1.29 is 17.6 Å². The van der Waals surface area contributed by atoms with Crippen molar-refractivity contribution in [2.24, 2.45) is 0 Å². The molecule has 1 unspecified atom stereocenters. The number of rotatable bonds is 4. The predicted octanol–water partition coefficient (Wildman–Crippen LogP) is 1.45. The van der Waals surface area contributed by atoms with Gasteiger partial charge in [-0.1, -0.05) is 6.92 Å². The van der Waals surface area contributed by atoms with E-state index in [2.05, 4.69) is 4.98 Å². The van der Waals surface area contributed by atoms with Crippen LogP contribution in [-0.4, -0.2) is 43.1 Å². The van der Waals surface area contributed by atoms with E-state index < -0.39 is 15.4 Å². The summed E-state index contributed by atoms with van der Waals surface area (Å²) in [6.45, 7) is 4.41. The largest absolute Gasteiger partial charge is 0.451 e. The fourth-order valence-electron chi connectivity index (χ4n) is 2.55. The summed E-state index contributed by atoms with van der Waals surface area (Å²) in [7, 11) is -3.66. The van der Waals surface area contributed by atoms with Crippen LogP contribution in [0.2, 0.25) is 0 Å². The van der Waals surface area contributed by atoms with Crippen molar-refractivity contribution in [1.82, 2.24) is 9.88 Å². The summed E-state index contributed by atoms with van der Waals surface area (Å²) >= 11 is 0. The summed E-state index contributed by atoms with van der Waals surface area (Å²) in [6, 6.07) is 4.76. The van der Waals surface area contributed by atoms with E-state index in [0.29, 0.717) is 18.5 Å². The number of carbonyl (C=O) groups excluding carboxylic acids is 1. The van der Waals surface area contributed by atoms with Gasteiger partial charge in [-0.15, -0.1) is 0 Å². The molecule has 128 valence electrons. The number of pyridine rings is 1. The third-order valence-electron chi connectivity index (χ3n) is 4.04. The van der Waals surface area contributed by atoms with Gasteiger partial charge in [0.2, 0.25) is 0 Å². The topological polar surface area (TPSA) is 100 Å². The number of furan rings is 1. The van der Waals surface area contributed by atoms with Gasteiger partial charge in [-0.25, -0.2) is 8.42 Å². The number of aromatic nitrogens is 1. The molecule has 1 amide bonds. The maximum absolute atomic E-state index is 12.2. The molecule has 0 aliphatic carbocycles. The molecule has 1 fully saturated rings. The van der Waals surface area contributed by atoms with E-state index in [9.17, 15) is 18.0 Å². The van der Waals surface area contributed by atoms with Gasteiger partial charge < -0.3 is 14.3 Å². The first-order chi connectivity index (χ1) is 11.2. The zero-order valence-corrected chi connectivity index (χ0v) is 14.4. The smallest absolute Gasteiger partial charge is 0.289 e. The van der Waals surface area contributed by atoms with Crippen LogP contribution in [0.5, 0.6) is 0 Å². The van der Waals surface area contributed by atoms with Crippen molar-refractivity contribution in [3.8, 4) is 11.3 Å². The average Bonchev–Trinajstić information content (AvgIpc) is 3.05. The molecule has 0 spiro atoms. The summed E-state index contributed by atoms with van der Waals surface area (Å²) in [5.74, 6) is 0.159. The first-order valence-corrected chi connectivity index (χ1v) is 9.49. The number of nitrogens with zero attached hydrogens (tertiary/aromatic N) is 1. The van der Waals surface area contributed by atoms with Crippen LogP contribution in [0, 0.1) is 0 Å². The molecule has 2 aromatic rings. The van der Waals surface area contributed by atoms with Crippen LogP contribution in [0.4, 0.5) is 0 Å². The van der Waals surface area contributed by atoms with Crippen LogP contribution in [-0.2, 0) is 16.3 Å². The number of aromatic amines is 1. The van der Waals surface area contributed by atoms with Gasteiger partial charge in [0.05, 0.1) is 5.56 Å². The molecule has 1 aliphatic rings. The number of nitrogens with one attached hydrogen (secondary N) is 1. The minimum absolute atomic E-state index is 0.151. The van der Waals surface area contributed by atoms with Crippen LogP contribution in [0.25, 0.3) is 11.3 Å². The average molecular weight is 350 g/mol. The Bertz CT molecular complexity index is 971. The summed E-state index contributed by atoms with van der Waals surface area (Å²) in [4.78, 5) is 28.2. The third kappa shape index (κ3) is 2.89. The standard InChI is InChI=1S/C16H18N2O5S/c1-4-10-7-11(15(17-14(10)19)24(3,21)22)12-5-6-13(23-12)16(20)18-8-9(18)2/h5-7,9H,4,8H2,1-3H3,(H,17,19). The van der Waals surface area contributed by atoms with Crippen molar-refractivity contribution in [3.63, 3.8) is 0 Å². The fraction of sp³-hybridized carbons (Fsp3) is 0.375. The van der Waals surface area contributed by atoms with E-state index in [-0.39, 0.29) is 34.1 Å². The molecule has 1 N–H and O–H groups in total. The number of hydrogen-bond acceptors (Lipinski definition) is 5. The van der Waals surface area contributed by atoms with Crippen LogP contribution in [0.3, 0.4) is 0 Å². The lowest BCUT2D eigenvalue weighted by Crippen LogP contribution is -2.17. The number of carbonyl (C=O) groups is 1. The molecular formula is C16H18N2O5S.